The normalized spacial score (nSPS) is 10.2. The summed E-state index contributed by atoms with van der Waals surface area (Å²) in [5.41, 5.74) is 3.05. The zero-order valence-corrected chi connectivity index (χ0v) is 16.4. The van der Waals surface area contributed by atoms with Gasteiger partial charge in [0.05, 0.1) is 23.8 Å². The number of nitriles is 1. The van der Waals surface area contributed by atoms with Crippen molar-refractivity contribution in [3.8, 4) is 28.7 Å². The molecule has 29 heavy (non-hydrogen) atoms. The number of nitrogens with zero attached hydrogens (tertiary/aromatic N) is 1. The molecule has 0 N–H and O–H groups in total. The fourth-order valence-electron chi connectivity index (χ4n) is 2.85. The Balaban J connectivity index is 1.60. The van der Waals surface area contributed by atoms with Crippen LogP contribution in [0.1, 0.15) is 42.1 Å². The van der Waals surface area contributed by atoms with Crippen molar-refractivity contribution in [1.29, 1.82) is 5.26 Å². The van der Waals surface area contributed by atoms with Crippen LogP contribution in [0.25, 0.3) is 11.1 Å². The standard InChI is InChI=1S/C25H23NO3/c1-2-3-4-17-28-23-15-11-21(12-16-23)20-7-9-22(10-8-20)25(27)29-24-13-5-19(18-26)6-14-24/h5-16H,2-4,17H2,1H3. The van der Waals surface area contributed by atoms with Crippen LogP contribution in [0.15, 0.2) is 72.8 Å². The molecule has 3 rings (SSSR count). The third kappa shape index (κ3) is 5.70. The van der Waals surface area contributed by atoms with E-state index >= 15 is 0 Å². The van der Waals surface area contributed by atoms with Gasteiger partial charge in [-0.05, 0) is 66.1 Å². The summed E-state index contributed by atoms with van der Waals surface area (Å²) >= 11 is 0. The van der Waals surface area contributed by atoms with Crippen molar-refractivity contribution in [3.63, 3.8) is 0 Å². The smallest absolute Gasteiger partial charge is 0.343 e. The molecule has 0 aliphatic rings. The lowest BCUT2D eigenvalue weighted by atomic mass is 10.0. The van der Waals surface area contributed by atoms with Crippen molar-refractivity contribution in [1.82, 2.24) is 0 Å². The molecule has 0 saturated heterocycles. The molecule has 0 aromatic heterocycles. The molecule has 0 spiro atoms. The van der Waals surface area contributed by atoms with Crippen molar-refractivity contribution < 1.29 is 14.3 Å². The minimum absolute atomic E-state index is 0.410. The maximum absolute atomic E-state index is 12.3. The number of carbonyl (C=O) groups is 1. The van der Waals surface area contributed by atoms with Crippen molar-refractivity contribution in [3.05, 3.63) is 83.9 Å². The lowest BCUT2D eigenvalue weighted by Crippen LogP contribution is -2.08. The summed E-state index contributed by atoms with van der Waals surface area (Å²) in [4.78, 5) is 12.3. The minimum atomic E-state index is -0.433. The number of hydrogen-bond donors (Lipinski definition) is 0. The first kappa shape index (κ1) is 20.2. The molecule has 0 radical (unpaired) electrons. The van der Waals surface area contributed by atoms with Gasteiger partial charge in [0.1, 0.15) is 11.5 Å². The van der Waals surface area contributed by atoms with Gasteiger partial charge in [-0.15, -0.1) is 0 Å². The third-order valence-corrected chi connectivity index (χ3v) is 4.52. The first-order valence-electron chi connectivity index (χ1n) is 9.75. The van der Waals surface area contributed by atoms with Gasteiger partial charge >= 0.3 is 5.97 Å². The summed E-state index contributed by atoms with van der Waals surface area (Å²) in [5, 5.41) is 8.82. The van der Waals surface area contributed by atoms with Crippen LogP contribution in [0, 0.1) is 11.3 Å². The highest BCUT2D eigenvalue weighted by Crippen LogP contribution is 2.23. The molecule has 0 atom stereocenters. The molecule has 0 aliphatic carbocycles. The number of unbranched alkanes of at least 4 members (excludes halogenated alkanes) is 2. The fraction of sp³-hybridized carbons (Fsp3) is 0.200. The zero-order chi connectivity index (χ0) is 20.5. The van der Waals surface area contributed by atoms with Crippen molar-refractivity contribution in [2.45, 2.75) is 26.2 Å². The second kappa shape index (κ2) is 10.1. The van der Waals surface area contributed by atoms with Crippen LogP contribution in [0.3, 0.4) is 0 Å². The lowest BCUT2D eigenvalue weighted by Gasteiger charge is -2.08. The molecular weight excluding hydrogens is 362 g/mol. The predicted molar refractivity (Wildman–Crippen MR) is 113 cm³/mol. The first-order valence-corrected chi connectivity index (χ1v) is 9.75. The van der Waals surface area contributed by atoms with E-state index in [1.54, 1.807) is 36.4 Å². The second-order valence-electron chi connectivity index (χ2n) is 6.68. The van der Waals surface area contributed by atoms with Gasteiger partial charge in [0.15, 0.2) is 0 Å². The zero-order valence-electron chi connectivity index (χ0n) is 16.4. The number of hydrogen-bond acceptors (Lipinski definition) is 4. The second-order valence-corrected chi connectivity index (χ2v) is 6.68. The van der Waals surface area contributed by atoms with Gasteiger partial charge in [0, 0.05) is 0 Å². The number of rotatable bonds is 8. The topological polar surface area (TPSA) is 59.3 Å². The number of carbonyl (C=O) groups excluding carboxylic acids is 1. The van der Waals surface area contributed by atoms with E-state index in [-0.39, 0.29) is 0 Å². The molecule has 0 aliphatic heterocycles. The van der Waals surface area contributed by atoms with Gasteiger partial charge in [0.25, 0.3) is 0 Å². The molecule has 3 aromatic carbocycles. The van der Waals surface area contributed by atoms with E-state index in [0.717, 1.165) is 29.9 Å². The number of esters is 1. The van der Waals surface area contributed by atoms with Gasteiger partial charge in [-0.3, -0.25) is 0 Å². The van der Waals surface area contributed by atoms with Gasteiger partial charge in [-0.25, -0.2) is 4.79 Å². The maximum atomic E-state index is 12.3. The molecule has 146 valence electrons. The Bertz CT molecular complexity index is 969. The summed E-state index contributed by atoms with van der Waals surface area (Å²) in [5.74, 6) is 0.845. The molecule has 4 nitrogen and oxygen atoms in total. The van der Waals surface area contributed by atoms with Crippen LogP contribution in [0.4, 0.5) is 0 Å². The molecule has 0 unspecified atom stereocenters. The average Bonchev–Trinajstić information content (AvgIpc) is 2.78. The van der Waals surface area contributed by atoms with Crippen LogP contribution in [0.2, 0.25) is 0 Å². The Morgan fingerprint density at radius 2 is 1.41 bits per heavy atom. The summed E-state index contributed by atoms with van der Waals surface area (Å²) in [7, 11) is 0. The molecule has 4 heteroatoms. The first-order chi connectivity index (χ1) is 14.2. The van der Waals surface area contributed by atoms with E-state index in [4.69, 9.17) is 14.7 Å². The number of benzene rings is 3. The fourth-order valence-corrected chi connectivity index (χ4v) is 2.85. The molecule has 3 aromatic rings. The minimum Gasteiger partial charge on any atom is -0.494 e. The summed E-state index contributed by atoms with van der Waals surface area (Å²) in [6.07, 6.45) is 3.43. The Hall–Kier alpha value is -3.58. The highest BCUT2D eigenvalue weighted by Gasteiger charge is 2.09. The van der Waals surface area contributed by atoms with E-state index in [1.807, 2.05) is 42.5 Å². The predicted octanol–water partition coefficient (Wildman–Crippen LogP) is 6.01. The average molecular weight is 385 g/mol. The van der Waals surface area contributed by atoms with E-state index in [2.05, 4.69) is 6.92 Å². The number of ether oxygens (including phenoxy) is 2. The Labute approximate surface area is 171 Å². The van der Waals surface area contributed by atoms with Crippen molar-refractivity contribution >= 4 is 5.97 Å². The molecule has 0 bridgehead atoms. The van der Waals surface area contributed by atoms with Crippen LogP contribution >= 0.6 is 0 Å². The Morgan fingerprint density at radius 1 is 0.828 bits per heavy atom. The van der Waals surface area contributed by atoms with Gasteiger partial charge in [-0.2, -0.15) is 5.26 Å². The van der Waals surface area contributed by atoms with E-state index in [1.165, 1.54) is 12.8 Å². The molecule has 0 saturated carbocycles. The van der Waals surface area contributed by atoms with Crippen LogP contribution < -0.4 is 9.47 Å². The van der Waals surface area contributed by atoms with Gasteiger partial charge in [-0.1, -0.05) is 44.0 Å². The summed E-state index contributed by atoms with van der Waals surface area (Å²) in [6, 6.07) is 23.7. The highest BCUT2D eigenvalue weighted by molar-refractivity contribution is 5.91. The van der Waals surface area contributed by atoms with E-state index < -0.39 is 5.97 Å². The summed E-state index contributed by atoms with van der Waals surface area (Å²) in [6.45, 7) is 2.91. The Kier molecular flexibility index (Phi) is 7.02. The van der Waals surface area contributed by atoms with E-state index in [0.29, 0.717) is 16.9 Å². The quantitative estimate of drug-likeness (QED) is 0.270. The molecule has 0 heterocycles. The molecular formula is C25H23NO3. The van der Waals surface area contributed by atoms with E-state index in [9.17, 15) is 4.79 Å². The molecule has 0 amide bonds. The van der Waals surface area contributed by atoms with Crippen molar-refractivity contribution in [2.75, 3.05) is 6.61 Å². The lowest BCUT2D eigenvalue weighted by molar-refractivity contribution is 0.0735. The van der Waals surface area contributed by atoms with Gasteiger partial charge < -0.3 is 9.47 Å². The monoisotopic (exact) mass is 385 g/mol. The maximum Gasteiger partial charge on any atom is 0.343 e. The van der Waals surface area contributed by atoms with Crippen molar-refractivity contribution in [2.24, 2.45) is 0 Å². The highest BCUT2D eigenvalue weighted by atomic mass is 16.5. The largest absolute Gasteiger partial charge is 0.494 e. The van der Waals surface area contributed by atoms with Gasteiger partial charge in [0.2, 0.25) is 0 Å². The summed E-state index contributed by atoms with van der Waals surface area (Å²) < 4.78 is 11.1. The van der Waals surface area contributed by atoms with Crippen LogP contribution in [0.5, 0.6) is 11.5 Å². The SMILES string of the molecule is CCCCCOc1ccc(-c2ccc(C(=O)Oc3ccc(C#N)cc3)cc2)cc1. The third-order valence-electron chi connectivity index (χ3n) is 4.52. The molecule has 0 fully saturated rings. The Morgan fingerprint density at radius 3 is 2.00 bits per heavy atom. The van der Waals surface area contributed by atoms with Crippen LogP contribution in [-0.2, 0) is 0 Å². The van der Waals surface area contributed by atoms with Crippen LogP contribution in [-0.4, -0.2) is 12.6 Å².